The molecule has 0 spiro atoms. The Labute approximate surface area is 114 Å². The van der Waals surface area contributed by atoms with Crippen molar-refractivity contribution in [2.45, 2.75) is 13.5 Å². The van der Waals surface area contributed by atoms with Crippen LogP contribution in [0.3, 0.4) is 0 Å². The molecule has 0 bridgehead atoms. The first-order chi connectivity index (χ1) is 8.97. The molecule has 1 heterocycles. The molecule has 0 amide bonds. The first-order valence-corrected chi connectivity index (χ1v) is 6.04. The van der Waals surface area contributed by atoms with Gasteiger partial charge >= 0.3 is 5.97 Å². The molecule has 0 unspecified atom stereocenters. The lowest BCUT2D eigenvalue weighted by Gasteiger charge is -2.11. The van der Waals surface area contributed by atoms with Gasteiger partial charge in [0.25, 0.3) is 0 Å². The predicted octanol–water partition coefficient (Wildman–Crippen LogP) is 2.56. The number of pyridine rings is 1. The molecule has 0 aliphatic rings. The average Bonchev–Trinajstić information content (AvgIpc) is 2.34. The first kappa shape index (κ1) is 13.4. The summed E-state index contributed by atoms with van der Waals surface area (Å²) < 4.78 is 1.73. The van der Waals surface area contributed by atoms with E-state index in [1.54, 1.807) is 23.6 Å². The Morgan fingerprint density at radius 1 is 1.32 bits per heavy atom. The zero-order chi connectivity index (χ0) is 14.0. The number of nitrogens with zero attached hydrogens (tertiary/aromatic N) is 1. The van der Waals surface area contributed by atoms with Crippen molar-refractivity contribution in [2.75, 3.05) is 0 Å². The van der Waals surface area contributed by atoms with Crippen molar-refractivity contribution in [1.82, 2.24) is 4.57 Å². The third kappa shape index (κ3) is 3.03. The molecule has 1 aromatic heterocycles. The minimum absolute atomic E-state index is 0.223. The predicted molar refractivity (Wildman–Crippen MR) is 73.0 cm³/mol. The Hall–Kier alpha value is -2.07. The Bertz CT molecular complexity index is 674. The highest BCUT2D eigenvalue weighted by Crippen LogP contribution is 2.11. The van der Waals surface area contributed by atoms with Crippen LogP contribution in [0.2, 0.25) is 5.02 Å². The number of rotatable bonds is 3. The Morgan fingerprint density at radius 2 is 1.95 bits per heavy atom. The smallest absolute Gasteiger partial charge is 0.341 e. The average molecular weight is 278 g/mol. The van der Waals surface area contributed by atoms with Crippen molar-refractivity contribution < 1.29 is 9.90 Å². The van der Waals surface area contributed by atoms with E-state index >= 15 is 0 Å². The van der Waals surface area contributed by atoms with Crippen molar-refractivity contribution in [1.29, 1.82) is 0 Å². The third-order valence-corrected chi connectivity index (χ3v) is 3.09. The molecule has 98 valence electrons. The van der Waals surface area contributed by atoms with Crippen LogP contribution in [0.15, 0.2) is 41.3 Å². The third-order valence-electron chi connectivity index (χ3n) is 2.84. The van der Waals surface area contributed by atoms with E-state index in [4.69, 9.17) is 16.7 Å². The highest BCUT2D eigenvalue weighted by atomic mass is 35.5. The second-order valence-electron chi connectivity index (χ2n) is 4.25. The van der Waals surface area contributed by atoms with Crippen LogP contribution in [0, 0.1) is 6.92 Å². The van der Waals surface area contributed by atoms with Gasteiger partial charge in [0.1, 0.15) is 5.56 Å². The fourth-order valence-corrected chi connectivity index (χ4v) is 1.92. The molecule has 0 saturated heterocycles. The zero-order valence-electron chi connectivity index (χ0n) is 10.3. The van der Waals surface area contributed by atoms with Gasteiger partial charge in [0.05, 0.1) is 0 Å². The quantitative estimate of drug-likeness (QED) is 0.938. The molecule has 2 aromatic rings. The summed E-state index contributed by atoms with van der Waals surface area (Å²) in [6, 6.07) is 8.60. The largest absolute Gasteiger partial charge is 0.477 e. The van der Waals surface area contributed by atoms with Crippen LogP contribution < -0.4 is 5.43 Å². The molecule has 0 aliphatic heterocycles. The van der Waals surface area contributed by atoms with E-state index in [-0.39, 0.29) is 5.56 Å². The van der Waals surface area contributed by atoms with E-state index in [9.17, 15) is 9.59 Å². The molecule has 0 radical (unpaired) electrons. The normalized spacial score (nSPS) is 10.4. The fraction of sp³-hybridized carbons (Fsp3) is 0.143. The standard InChI is InChI=1S/C14H12ClNO3/c1-9-6-13(17)12(14(18)19)8-16(9)7-10-2-4-11(15)5-3-10/h2-6,8H,7H2,1H3,(H,18,19). The first-order valence-electron chi connectivity index (χ1n) is 5.66. The van der Waals surface area contributed by atoms with Gasteiger partial charge in [-0.15, -0.1) is 0 Å². The monoisotopic (exact) mass is 277 g/mol. The van der Waals surface area contributed by atoms with Crippen molar-refractivity contribution in [3.05, 3.63) is 68.6 Å². The summed E-state index contributed by atoms with van der Waals surface area (Å²) in [6.45, 7) is 2.26. The molecular formula is C14H12ClNO3. The number of halogens is 1. The Kier molecular flexibility index (Phi) is 3.71. The minimum atomic E-state index is -1.21. The highest BCUT2D eigenvalue weighted by molar-refractivity contribution is 6.30. The van der Waals surface area contributed by atoms with Crippen LogP contribution >= 0.6 is 11.6 Å². The molecule has 0 saturated carbocycles. The van der Waals surface area contributed by atoms with Gasteiger partial charge in [0, 0.05) is 29.5 Å². The van der Waals surface area contributed by atoms with E-state index in [0.717, 1.165) is 5.56 Å². The zero-order valence-corrected chi connectivity index (χ0v) is 11.0. The van der Waals surface area contributed by atoms with Gasteiger partial charge in [-0.25, -0.2) is 4.79 Å². The van der Waals surface area contributed by atoms with Crippen LogP contribution in [-0.2, 0) is 6.54 Å². The van der Waals surface area contributed by atoms with E-state index in [2.05, 4.69) is 0 Å². The molecule has 1 aromatic carbocycles. The van der Waals surface area contributed by atoms with Crippen LogP contribution in [-0.4, -0.2) is 15.6 Å². The SMILES string of the molecule is Cc1cc(=O)c(C(=O)O)cn1Cc1ccc(Cl)cc1. The summed E-state index contributed by atoms with van der Waals surface area (Å²) >= 11 is 5.81. The maximum Gasteiger partial charge on any atom is 0.341 e. The molecular weight excluding hydrogens is 266 g/mol. The number of aryl methyl sites for hydroxylation is 1. The van der Waals surface area contributed by atoms with Gasteiger partial charge in [-0.1, -0.05) is 23.7 Å². The van der Waals surface area contributed by atoms with Gasteiger partial charge in [0.15, 0.2) is 5.43 Å². The summed E-state index contributed by atoms with van der Waals surface area (Å²) in [5, 5.41) is 9.60. The number of aromatic carboxylic acids is 1. The van der Waals surface area contributed by atoms with E-state index in [1.165, 1.54) is 12.3 Å². The summed E-state index contributed by atoms with van der Waals surface area (Å²) in [4.78, 5) is 22.5. The fourth-order valence-electron chi connectivity index (χ4n) is 1.79. The molecule has 0 fully saturated rings. The number of benzene rings is 1. The van der Waals surface area contributed by atoms with E-state index < -0.39 is 11.4 Å². The van der Waals surface area contributed by atoms with Gasteiger partial charge in [-0.05, 0) is 24.6 Å². The van der Waals surface area contributed by atoms with Crippen LogP contribution in [0.1, 0.15) is 21.6 Å². The molecule has 19 heavy (non-hydrogen) atoms. The number of carboxylic acids is 1. The van der Waals surface area contributed by atoms with Crippen molar-refractivity contribution in [3.63, 3.8) is 0 Å². The molecule has 4 nitrogen and oxygen atoms in total. The van der Waals surface area contributed by atoms with Crippen LogP contribution in [0.25, 0.3) is 0 Å². The Balaban J connectivity index is 2.39. The summed E-state index contributed by atoms with van der Waals surface area (Å²) in [5.74, 6) is -1.21. The van der Waals surface area contributed by atoms with Crippen molar-refractivity contribution in [3.8, 4) is 0 Å². The van der Waals surface area contributed by atoms with Gasteiger partial charge < -0.3 is 9.67 Å². The second-order valence-corrected chi connectivity index (χ2v) is 4.69. The molecule has 2 rings (SSSR count). The van der Waals surface area contributed by atoms with E-state index in [1.807, 2.05) is 12.1 Å². The van der Waals surface area contributed by atoms with Crippen LogP contribution in [0.5, 0.6) is 0 Å². The molecule has 0 atom stereocenters. The maximum absolute atomic E-state index is 11.5. The topological polar surface area (TPSA) is 59.3 Å². The summed E-state index contributed by atoms with van der Waals surface area (Å²) in [6.07, 6.45) is 1.37. The number of hydrogen-bond acceptors (Lipinski definition) is 2. The van der Waals surface area contributed by atoms with Gasteiger partial charge in [-0.3, -0.25) is 4.79 Å². The lowest BCUT2D eigenvalue weighted by atomic mass is 10.2. The number of carbonyl (C=O) groups is 1. The van der Waals surface area contributed by atoms with Gasteiger partial charge in [-0.2, -0.15) is 0 Å². The lowest BCUT2D eigenvalue weighted by Crippen LogP contribution is -2.19. The number of hydrogen-bond donors (Lipinski definition) is 1. The molecule has 1 N–H and O–H groups in total. The summed E-state index contributed by atoms with van der Waals surface area (Å²) in [7, 11) is 0. The van der Waals surface area contributed by atoms with Crippen molar-refractivity contribution >= 4 is 17.6 Å². The summed E-state index contributed by atoms with van der Waals surface area (Å²) in [5.41, 5.74) is 0.995. The van der Waals surface area contributed by atoms with Crippen molar-refractivity contribution in [2.24, 2.45) is 0 Å². The van der Waals surface area contributed by atoms with Crippen LogP contribution in [0.4, 0.5) is 0 Å². The van der Waals surface area contributed by atoms with Gasteiger partial charge in [0.2, 0.25) is 0 Å². The minimum Gasteiger partial charge on any atom is -0.477 e. The number of aromatic nitrogens is 1. The maximum atomic E-state index is 11.5. The lowest BCUT2D eigenvalue weighted by molar-refractivity contribution is 0.0694. The second kappa shape index (κ2) is 5.28. The molecule has 5 heteroatoms. The number of carboxylic acid groups (broad SMARTS) is 1. The molecule has 0 aliphatic carbocycles. The van der Waals surface area contributed by atoms with E-state index in [0.29, 0.717) is 17.3 Å². The Morgan fingerprint density at radius 3 is 2.53 bits per heavy atom. The highest BCUT2D eigenvalue weighted by Gasteiger charge is 2.10.